The quantitative estimate of drug-likeness (QED) is 0.582. The van der Waals surface area contributed by atoms with Gasteiger partial charge >= 0.3 is 0 Å². The van der Waals surface area contributed by atoms with Gasteiger partial charge in [0.1, 0.15) is 12.4 Å². The van der Waals surface area contributed by atoms with Crippen LogP contribution in [0.1, 0.15) is 41.9 Å². The molecule has 3 aromatic rings. The van der Waals surface area contributed by atoms with E-state index in [9.17, 15) is 5.11 Å². The topological polar surface area (TPSA) is 38.7 Å². The molecule has 0 bridgehead atoms. The van der Waals surface area contributed by atoms with Gasteiger partial charge in [-0.2, -0.15) is 0 Å². The molecule has 0 aliphatic heterocycles. The van der Waals surface area contributed by atoms with Gasteiger partial charge in [-0.05, 0) is 41.7 Å². The predicted octanol–water partition coefficient (Wildman–Crippen LogP) is 5.48. The van der Waals surface area contributed by atoms with E-state index < -0.39 is 0 Å². The van der Waals surface area contributed by atoms with Gasteiger partial charge in [-0.1, -0.05) is 72.8 Å². The smallest absolute Gasteiger partial charge is 0.119 e. The Morgan fingerprint density at radius 1 is 0.724 bits per heavy atom. The van der Waals surface area contributed by atoms with Gasteiger partial charge in [-0.25, -0.2) is 0 Å². The standard InChI is InChI=1S/C26H28O3/c27-26-17-24(29-19-21-9-5-2-6-10-21)15-16-25(26)22-11-13-23(14-12-22)28-18-20-7-3-1-4-8-20/h1-14,24-27H,15-19H2. The first-order valence-electron chi connectivity index (χ1n) is 10.4. The van der Waals surface area contributed by atoms with Crippen LogP contribution in [0.3, 0.4) is 0 Å². The minimum Gasteiger partial charge on any atom is -0.489 e. The van der Waals surface area contributed by atoms with Gasteiger partial charge in [0.15, 0.2) is 0 Å². The minimum atomic E-state index is -0.374. The fraction of sp³-hybridized carbons (Fsp3) is 0.308. The van der Waals surface area contributed by atoms with E-state index in [0.29, 0.717) is 19.6 Å². The van der Waals surface area contributed by atoms with Gasteiger partial charge < -0.3 is 14.6 Å². The third kappa shape index (κ3) is 5.47. The van der Waals surface area contributed by atoms with E-state index in [1.54, 1.807) is 0 Å². The van der Waals surface area contributed by atoms with Crippen LogP contribution in [-0.2, 0) is 18.0 Å². The summed E-state index contributed by atoms with van der Waals surface area (Å²) in [5.41, 5.74) is 3.50. The van der Waals surface area contributed by atoms with Gasteiger partial charge in [-0.3, -0.25) is 0 Å². The first-order chi connectivity index (χ1) is 14.3. The summed E-state index contributed by atoms with van der Waals surface area (Å²) in [6.07, 6.45) is 2.34. The zero-order valence-electron chi connectivity index (χ0n) is 16.6. The SMILES string of the molecule is OC1CC(OCc2ccccc2)CCC1c1ccc(OCc2ccccc2)cc1. The Morgan fingerprint density at radius 3 is 1.97 bits per heavy atom. The summed E-state index contributed by atoms with van der Waals surface area (Å²) >= 11 is 0. The first kappa shape index (κ1) is 19.7. The lowest BCUT2D eigenvalue weighted by atomic mass is 9.80. The maximum Gasteiger partial charge on any atom is 0.119 e. The van der Waals surface area contributed by atoms with Crippen molar-refractivity contribution in [1.29, 1.82) is 0 Å². The average Bonchev–Trinajstić information content (AvgIpc) is 2.78. The molecule has 29 heavy (non-hydrogen) atoms. The summed E-state index contributed by atoms with van der Waals surface area (Å²) in [5.74, 6) is 1.02. The molecule has 3 heteroatoms. The Hall–Kier alpha value is -2.62. The van der Waals surface area contributed by atoms with E-state index >= 15 is 0 Å². The molecule has 150 valence electrons. The summed E-state index contributed by atoms with van der Waals surface area (Å²) in [7, 11) is 0. The van der Waals surface area contributed by atoms with Crippen LogP contribution in [0.5, 0.6) is 5.75 Å². The first-order valence-corrected chi connectivity index (χ1v) is 10.4. The lowest BCUT2D eigenvalue weighted by Crippen LogP contribution is -2.32. The van der Waals surface area contributed by atoms with E-state index in [0.717, 1.165) is 24.2 Å². The van der Waals surface area contributed by atoms with Gasteiger partial charge in [-0.15, -0.1) is 0 Å². The number of aliphatic hydroxyl groups is 1. The van der Waals surface area contributed by atoms with E-state index in [4.69, 9.17) is 9.47 Å². The van der Waals surface area contributed by atoms with E-state index in [-0.39, 0.29) is 18.1 Å². The van der Waals surface area contributed by atoms with Crippen LogP contribution < -0.4 is 4.74 Å². The van der Waals surface area contributed by atoms with Crippen molar-refractivity contribution >= 4 is 0 Å². The summed E-state index contributed by atoms with van der Waals surface area (Å²) in [5, 5.41) is 10.7. The summed E-state index contributed by atoms with van der Waals surface area (Å²) in [6, 6.07) is 28.5. The normalized spacial score (nSPS) is 21.6. The largest absolute Gasteiger partial charge is 0.489 e. The van der Waals surface area contributed by atoms with E-state index in [1.807, 2.05) is 48.5 Å². The van der Waals surface area contributed by atoms with Gasteiger partial charge in [0.25, 0.3) is 0 Å². The fourth-order valence-electron chi connectivity index (χ4n) is 3.99. The molecule has 3 nitrogen and oxygen atoms in total. The maximum atomic E-state index is 10.7. The molecule has 1 aliphatic rings. The molecule has 3 unspecified atom stereocenters. The third-order valence-electron chi connectivity index (χ3n) is 5.65. The van der Waals surface area contributed by atoms with Crippen molar-refractivity contribution in [3.63, 3.8) is 0 Å². The molecular weight excluding hydrogens is 360 g/mol. The lowest BCUT2D eigenvalue weighted by Gasteiger charge is -2.33. The highest BCUT2D eigenvalue weighted by molar-refractivity contribution is 5.31. The van der Waals surface area contributed by atoms with E-state index in [2.05, 4.69) is 36.4 Å². The summed E-state index contributed by atoms with van der Waals surface area (Å²) < 4.78 is 11.9. The molecule has 0 saturated heterocycles. The van der Waals surface area contributed by atoms with Crippen LogP contribution in [0, 0.1) is 0 Å². The molecule has 0 radical (unpaired) electrons. The van der Waals surface area contributed by atoms with Crippen molar-refractivity contribution in [2.45, 2.75) is 50.6 Å². The van der Waals surface area contributed by atoms with Crippen molar-refractivity contribution in [2.75, 3.05) is 0 Å². The minimum absolute atomic E-state index is 0.120. The fourth-order valence-corrected chi connectivity index (χ4v) is 3.99. The number of hydrogen-bond acceptors (Lipinski definition) is 3. The number of rotatable bonds is 7. The Bertz CT molecular complexity index is 861. The van der Waals surface area contributed by atoms with Crippen molar-refractivity contribution in [1.82, 2.24) is 0 Å². The van der Waals surface area contributed by atoms with Gasteiger partial charge in [0, 0.05) is 12.3 Å². The van der Waals surface area contributed by atoms with Crippen LogP contribution in [0.2, 0.25) is 0 Å². The van der Waals surface area contributed by atoms with Crippen LogP contribution in [0.25, 0.3) is 0 Å². The molecule has 0 spiro atoms. The zero-order valence-corrected chi connectivity index (χ0v) is 16.6. The molecule has 3 atom stereocenters. The second kappa shape index (κ2) is 9.73. The number of hydrogen-bond donors (Lipinski definition) is 1. The molecule has 0 amide bonds. The molecular formula is C26H28O3. The molecule has 4 rings (SSSR count). The van der Waals surface area contributed by atoms with Crippen LogP contribution in [-0.4, -0.2) is 17.3 Å². The molecule has 0 aromatic heterocycles. The third-order valence-corrected chi connectivity index (χ3v) is 5.65. The summed E-state index contributed by atoms with van der Waals surface area (Å²) in [6.45, 7) is 1.17. The van der Waals surface area contributed by atoms with Crippen molar-refractivity contribution in [3.05, 3.63) is 102 Å². The van der Waals surface area contributed by atoms with Gasteiger partial charge in [0.05, 0.1) is 18.8 Å². The second-order valence-electron chi connectivity index (χ2n) is 7.75. The molecule has 3 aromatic carbocycles. The van der Waals surface area contributed by atoms with Gasteiger partial charge in [0.2, 0.25) is 0 Å². The Morgan fingerprint density at radius 2 is 1.34 bits per heavy atom. The lowest BCUT2D eigenvalue weighted by molar-refractivity contribution is -0.0313. The molecule has 1 fully saturated rings. The zero-order chi connectivity index (χ0) is 19.9. The van der Waals surface area contributed by atoms with Crippen molar-refractivity contribution in [2.24, 2.45) is 0 Å². The highest BCUT2D eigenvalue weighted by atomic mass is 16.5. The molecule has 1 saturated carbocycles. The Kier molecular flexibility index (Phi) is 6.60. The number of ether oxygens (including phenoxy) is 2. The van der Waals surface area contributed by atoms with Crippen LogP contribution >= 0.6 is 0 Å². The maximum absolute atomic E-state index is 10.7. The number of aliphatic hydroxyl groups excluding tert-OH is 1. The van der Waals surface area contributed by atoms with Crippen LogP contribution in [0.4, 0.5) is 0 Å². The molecule has 1 aliphatic carbocycles. The average molecular weight is 389 g/mol. The van der Waals surface area contributed by atoms with Crippen molar-refractivity contribution in [3.8, 4) is 5.75 Å². The highest BCUT2D eigenvalue weighted by Gasteiger charge is 2.30. The highest BCUT2D eigenvalue weighted by Crippen LogP contribution is 2.35. The Balaban J connectivity index is 1.28. The van der Waals surface area contributed by atoms with Crippen molar-refractivity contribution < 1.29 is 14.6 Å². The predicted molar refractivity (Wildman–Crippen MR) is 115 cm³/mol. The number of benzene rings is 3. The summed E-state index contributed by atoms with van der Waals surface area (Å²) in [4.78, 5) is 0. The van der Waals surface area contributed by atoms with E-state index in [1.165, 1.54) is 11.1 Å². The second-order valence-corrected chi connectivity index (χ2v) is 7.75. The Labute approximate surface area is 172 Å². The molecule has 1 N–H and O–H groups in total. The van der Waals surface area contributed by atoms with Crippen LogP contribution in [0.15, 0.2) is 84.9 Å². The molecule has 0 heterocycles. The monoisotopic (exact) mass is 388 g/mol.